The number of hydrogen-bond acceptors (Lipinski definition) is 4. The number of ether oxygens (including phenoxy) is 1. The lowest BCUT2D eigenvalue weighted by Crippen LogP contribution is -2.49. The van der Waals surface area contributed by atoms with Gasteiger partial charge in [-0.1, -0.05) is 5.57 Å². The Hall–Kier alpha value is -1.12. The maximum atomic E-state index is 12.1. The first kappa shape index (κ1) is 16.9. The molecule has 0 aromatic carbocycles. The normalized spacial score (nSPS) is 21.7. The van der Waals surface area contributed by atoms with Crippen LogP contribution in [-0.4, -0.2) is 44.0 Å². The van der Waals surface area contributed by atoms with Crippen LogP contribution >= 0.6 is 22.6 Å². The van der Waals surface area contributed by atoms with Crippen molar-refractivity contribution in [1.82, 2.24) is 4.90 Å². The van der Waals surface area contributed by atoms with E-state index in [-0.39, 0.29) is 16.8 Å². The highest BCUT2D eigenvalue weighted by molar-refractivity contribution is 14.1. The van der Waals surface area contributed by atoms with E-state index >= 15 is 0 Å². The molecule has 0 radical (unpaired) electrons. The minimum atomic E-state index is -1.04. The lowest BCUT2D eigenvalue weighted by Gasteiger charge is -2.35. The molecule has 1 aliphatic rings. The summed E-state index contributed by atoms with van der Waals surface area (Å²) in [7, 11) is 0. The predicted molar refractivity (Wildman–Crippen MR) is 80.7 cm³/mol. The monoisotopic (exact) mass is 395 g/mol. The molecule has 1 N–H and O–H groups in total. The van der Waals surface area contributed by atoms with Crippen molar-refractivity contribution in [1.29, 1.82) is 0 Å². The van der Waals surface area contributed by atoms with Gasteiger partial charge in [0.2, 0.25) is 3.79 Å². The third-order valence-electron chi connectivity index (χ3n) is 2.72. The quantitative estimate of drug-likeness (QED) is 0.441. The van der Waals surface area contributed by atoms with Crippen molar-refractivity contribution in [3.8, 4) is 0 Å². The molecule has 0 saturated carbocycles. The minimum absolute atomic E-state index is 0.204. The summed E-state index contributed by atoms with van der Waals surface area (Å²) >= 11 is 1.63. The van der Waals surface area contributed by atoms with Gasteiger partial charge in [0.1, 0.15) is 11.6 Å². The van der Waals surface area contributed by atoms with Crippen LogP contribution in [0.2, 0.25) is 0 Å². The van der Waals surface area contributed by atoms with Gasteiger partial charge < -0.3 is 9.84 Å². The molecule has 7 heteroatoms. The molecule has 0 aromatic rings. The number of carboxylic acids is 1. The van der Waals surface area contributed by atoms with E-state index in [4.69, 9.17) is 9.84 Å². The molecule has 1 rings (SSSR count). The molecule has 0 aliphatic carbocycles. The fraction of sp³-hybridized carbons (Fsp3) is 0.615. The van der Waals surface area contributed by atoms with Gasteiger partial charge in [0.05, 0.1) is 0 Å². The van der Waals surface area contributed by atoms with E-state index < -0.39 is 23.7 Å². The average molecular weight is 395 g/mol. The first-order valence-corrected chi connectivity index (χ1v) is 7.29. The summed E-state index contributed by atoms with van der Waals surface area (Å²) in [5, 5.41) is 8.75. The van der Waals surface area contributed by atoms with Crippen LogP contribution < -0.4 is 0 Å². The Morgan fingerprint density at radius 3 is 2.45 bits per heavy atom. The first-order chi connectivity index (χ1) is 9.10. The Morgan fingerprint density at radius 2 is 2.00 bits per heavy atom. The Labute approximate surface area is 131 Å². The van der Waals surface area contributed by atoms with Crippen molar-refractivity contribution in [2.75, 3.05) is 6.54 Å². The zero-order chi connectivity index (χ0) is 15.5. The van der Waals surface area contributed by atoms with E-state index in [1.54, 1.807) is 43.4 Å². The number of amides is 1. The van der Waals surface area contributed by atoms with Gasteiger partial charge in [-0.3, -0.25) is 9.69 Å². The lowest BCUT2D eigenvalue weighted by molar-refractivity contribution is -0.131. The second-order valence-electron chi connectivity index (χ2n) is 5.59. The smallest absolute Gasteiger partial charge is 0.410 e. The van der Waals surface area contributed by atoms with Crippen LogP contribution in [0.5, 0.6) is 0 Å². The third kappa shape index (κ3) is 5.10. The summed E-state index contributed by atoms with van der Waals surface area (Å²) in [6.45, 7) is 5.55. The molecule has 6 nitrogen and oxygen atoms in total. The maximum absolute atomic E-state index is 12.1. The van der Waals surface area contributed by atoms with Gasteiger partial charge in [-0.15, -0.1) is 0 Å². The van der Waals surface area contributed by atoms with E-state index in [1.165, 1.54) is 4.90 Å². The van der Waals surface area contributed by atoms with Crippen molar-refractivity contribution in [3.05, 3.63) is 11.6 Å². The summed E-state index contributed by atoms with van der Waals surface area (Å²) in [5.74, 6) is -1.04. The Bertz CT molecular complexity index is 452. The van der Waals surface area contributed by atoms with Crippen LogP contribution in [0, 0.1) is 0 Å². The van der Waals surface area contributed by atoms with Crippen molar-refractivity contribution < 1.29 is 24.2 Å². The average Bonchev–Trinajstić information content (AvgIpc) is 2.25. The SMILES string of the molecule is CC(C)(C)OC(=O)N1CCC(=CC(=O)O)CC1C(=O)I. The highest BCUT2D eigenvalue weighted by Gasteiger charge is 2.35. The van der Waals surface area contributed by atoms with Gasteiger partial charge in [0.15, 0.2) is 0 Å². The minimum Gasteiger partial charge on any atom is -0.478 e. The zero-order valence-corrected chi connectivity index (χ0v) is 13.8. The molecular weight excluding hydrogens is 377 g/mol. The fourth-order valence-corrected chi connectivity index (χ4v) is 2.48. The number of aliphatic carboxylic acids is 1. The summed E-state index contributed by atoms with van der Waals surface area (Å²) in [4.78, 5) is 35.8. The molecule has 1 heterocycles. The van der Waals surface area contributed by atoms with Crippen LogP contribution in [-0.2, 0) is 14.3 Å². The van der Waals surface area contributed by atoms with E-state index in [9.17, 15) is 14.4 Å². The number of carbonyl (C=O) groups excluding carboxylic acids is 2. The number of carbonyl (C=O) groups is 3. The lowest BCUT2D eigenvalue weighted by atomic mass is 9.97. The maximum Gasteiger partial charge on any atom is 0.410 e. The van der Waals surface area contributed by atoms with Gasteiger partial charge in [-0.25, -0.2) is 9.59 Å². The molecule has 0 spiro atoms. The Balaban J connectivity index is 2.86. The molecule has 112 valence electrons. The molecular formula is C13H18INO5. The molecule has 0 bridgehead atoms. The van der Waals surface area contributed by atoms with E-state index in [1.807, 2.05) is 0 Å². The van der Waals surface area contributed by atoms with Gasteiger partial charge in [0.25, 0.3) is 0 Å². The number of likely N-dealkylation sites (tertiary alicyclic amines) is 1. The molecule has 1 aliphatic heterocycles. The summed E-state index contributed by atoms with van der Waals surface area (Å²) in [5.41, 5.74) is 0.0277. The fourth-order valence-electron chi connectivity index (χ4n) is 1.93. The van der Waals surface area contributed by atoms with E-state index in [2.05, 4.69) is 0 Å². The van der Waals surface area contributed by atoms with Gasteiger partial charge in [-0.05, 0) is 33.6 Å². The largest absolute Gasteiger partial charge is 0.478 e. The van der Waals surface area contributed by atoms with Crippen LogP contribution in [0.3, 0.4) is 0 Å². The second kappa shape index (κ2) is 6.55. The summed E-state index contributed by atoms with van der Waals surface area (Å²) in [6, 6.07) is -0.662. The second-order valence-corrected chi connectivity index (χ2v) is 6.65. The molecule has 1 fully saturated rings. The van der Waals surface area contributed by atoms with Gasteiger partial charge in [-0.2, -0.15) is 0 Å². The Kier molecular flexibility index (Phi) is 5.55. The molecule has 20 heavy (non-hydrogen) atoms. The topological polar surface area (TPSA) is 83.9 Å². The highest BCUT2D eigenvalue weighted by Crippen LogP contribution is 2.26. The number of hydrogen-bond donors (Lipinski definition) is 1. The summed E-state index contributed by atoms with van der Waals surface area (Å²) < 4.78 is 5.07. The van der Waals surface area contributed by atoms with Crippen molar-refractivity contribution in [3.63, 3.8) is 0 Å². The van der Waals surface area contributed by atoms with Crippen LogP contribution in [0.25, 0.3) is 0 Å². The molecule has 1 saturated heterocycles. The van der Waals surface area contributed by atoms with Crippen molar-refractivity contribution in [2.45, 2.75) is 45.3 Å². The molecule has 1 unspecified atom stereocenters. The number of piperidine rings is 1. The van der Waals surface area contributed by atoms with Crippen LogP contribution in [0.1, 0.15) is 33.6 Å². The highest BCUT2D eigenvalue weighted by atomic mass is 127. The third-order valence-corrected chi connectivity index (χ3v) is 3.44. The van der Waals surface area contributed by atoms with Gasteiger partial charge in [0, 0.05) is 35.2 Å². The van der Waals surface area contributed by atoms with Crippen molar-refractivity contribution in [2.24, 2.45) is 0 Å². The number of rotatable bonds is 2. The molecule has 1 atom stereocenters. The van der Waals surface area contributed by atoms with Crippen LogP contribution in [0.15, 0.2) is 11.6 Å². The van der Waals surface area contributed by atoms with E-state index in [0.29, 0.717) is 12.0 Å². The van der Waals surface area contributed by atoms with Crippen molar-refractivity contribution >= 4 is 38.4 Å². The predicted octanol–water partition coefficient (Wildman–Crippen LogP) is 2.36. The first-order valence-electron chi connectivity index (χ1n) is 6.21. The van der Waals surface area contributed by atoms with Crippen LogP contribution in [0.4, 0.5) is 4.79 Å². The zero-order valence-electron chi connectivity index (χ0n) is 11.7. The van der Waals surface area contributed by atoms with Gasteiger partial charge >= 0.3 is 12.1 Å². The molecule has 1 amide bonds. The number of halogens is 1. The Morgan fingerprint density at radius 1 is 1.40 bits per heavy atom. The summed E-state index contributed by atoms with van der Waals surface area (Å²) in [6.07, 6.45) is 1.25. The molecule has 0 aromatic heterocycles. The number of carboxylic acid groups (broad SMARTS) is 1. The van der Waals surface area contributed by atoms with E-state index in [0.717, 1.165) is 6.08 Å². The number of nitrogens with zero attached hydrogens (tertiary/aromatic N) is 1. The standard InChI is InChI=1S/C13H18INO5/c1-13(2,3)20-12(19)15-5-4-8(7-10(16)17)6-9(15)11(14)18/h7,9H,4-6H2,1-3H3,(H,16,17).